The van der Waals surface area contributed by atoms with Crippen molar-refractivity contribution in [2.75, 3.05) is 19.7 Å². The van der Waals surface area contributed by atoms with E-state index in [9.17, 15) is 9.59 Å². The van der Waals surface area contributed by atoms with E-state index in [1.807, 2.05) is 30.0 Å². The van der Waals surface area contributed by atoms with Gasteiger partial charge in [0.2, 0.25) is 11.8 Å². The number of rotatable bonds is 7. The fourth-order valence-electron chi connectivity index (χ4n) is 3.24. The number of ether oxygens (including phenoxy) is 1. The molecule has 1 saturated carbocycles. The van der Waals surface area contributed by atoms with E-state index in [0.29, 0.717) is 32.0 Å². The second-order valence-corrected chi connectivity index (χ2v) is 7.73. The fourth-order valence-corrected chi connectivity index (χ4v) is 3.36. The van der Waals surface area contributed by atoms with Crippen molar-refractivity contribution in [2.45, 2.75) is 51.5 Å². The minimum absolute atomic E-state index is 0.0541. The minimum Gasteiger partial charge on any atom is -0.494 e. The Labute approximate surface area is 160 Å². The number of benzene rings is 1. The summed E-state index contributed by atoms with van der Waals surface area (Å²) in [5.74, 6) is 0.951. The molecule has 3 rings (SSSR count). The Kier molecular flexibility index (Phi) is 6.41. The summed E-state index contributed by atoms with van der Waals surface area (Å²) in [6, 6.07) is 5.93. The molecule has 1 aromatic carbocycles. The van der Waals surface area contributed by atoms with Gasteiger partial charge in [0.1, 0.15) is 5.75 Å². The molecule has 0 aromatic heterocycles. The molecule has 1 saturated heterocycles. The van der Waals surface area contributed by atoms with Gasteiger partial charge < -0.3 is 15.0 Å². The second kappa shape index (κ2) is 8.76. The van der Waals surface area contributed by atoms with Crippen molar-refractivity contribution < 1.29 is 14.3 Å². The lowest BCUT2D eigenvalue weighted by atomic mass is 9.96. The molecular weight excluding hydrogens is 352 g/mol. The van der Waals surface area contributed by atoms with E-state index in [1.165, 1.54) is 0 Å². The van der Waals surface area contributed by atoms with Crippen LogP contribution in [0.3, 0.4) is 0 Å². The van der Waals surface area contributed by atoms with Crippen molar-refractivity contribution >= 4 is 23.4 Å². The van der Waals surface area contributed by atoms with Gasteiger partial charge >= 0.3 is 0 Å². The molecule has 1 unspecified atom stereocenters. The van der Waals surface area contributed by atoms with E-state index in [0.717, 1.165) is 48.6 Å². The Hall–Kier alpha value is -1.75. The Balaban J connectivity index is 1.38. The number of carbonyl (C=O) groups is 2. The molecule has 0 bridgehead atoms. The van der Waals surface area contributed by atoms with Gasteiger partial charge in [-0.05, 0) is 62.8 Å². The van der Waals surface area contributed by atoms with Crippen LogP contribution in [0, 0.1) is 12.8 Å². The molecule has 0 radical (unpaired) electrons. The standard InChI is InChI=1S/C20H27ClN2O3/c1-14-12-17(8-9-18(14)21)26-11-3-5-19(24)23-10-2-4-15(13-23)20(25)22-16-6-7-16/h8-9,12,15-16H,2-7,10-11,13H2,1H3,(H,22,25). The van der Waals surface area contributed by atoms with Gasteiger partial charge in [-0.3, -0.25) is 9.59 Å². The van der Waals surface area contributed by atoms with Gasteiger partial charge in [-0.25, -0.2) is 0 Å². The predicted octanol–water partition coefficient (Wildman–Crippen LogP) is 3.32. The topological polar surface area (TPSA) is 58.6 Å². The van der Waals surface area contributed by atoms with E-state index >= 15 is 0 Å². The highest BCUT2D eigenvalue weighted by molar-refractivity contribution is 6.31. The third-order valence-corrected chi connectivity index (χ3v) is 5.43. The number of nitrogens with zero attached hydrogens (tertiary/aromatic N) is 1. The second-order valence-electron chi connectivity index (χ2n) is 7.32. The first-order chi connectivity index (χ1) is 12.5. The maximum atomic E-state index is 12.4. The van der Waals surface area contributed by atoms with Crippen LogP contribution in [-0.2, 0) is 9.59 Å². The maximum absolute atomic E-state index is 12.4. The first-order valence-corrected chi connectivity index (χ1v) is 9.88. The van der Waals surface area contributed by atoms with E-state index in [1.54, 1.807) is 0 Å². The van der Waals surface area contributed by atoms with Crippen molar-refractivity contribution in [3.8, 4) is 5.75 Å². The molecule has 142 valence electrons. The fraction of sp³-hybridized carbons (Fsp3) is 0.600. The van der Waals surface area contributed by atoms with Gasteiger partial charge in [0, 0.05) is 30.6 Å². The van der Waals surface area contributed by atoms with Gasteiger partial charge in [0.05, 0.1) is 12.5 Å². The van der Waals surface area contributed by atoms with Crippen LogP contribution in [0.15, 0.2) is 18.2 Å². The van der Waals surface area contributed by atoms with Gasteiger partial charge in [-0.15, -0.1) is 0 Å². The molecule has 1 aliphatic carbocycles. The summed E-state index contributed by atoms with van der Waals surface area (Å²) < 4.78 is 5.70. The maximum Gasteiger partial charge on any atom is 0.225 e. The lowest BCUT2D eigenvalue weighted by molar-refractivity contribution is -0.135. The lowest BCUT2D eigenvalue weighted by Crippen LogP contribution is -2.45. The Morgan fingerprint density at radius 1 is 1.31 bits per heavy atom. The van der Waals surface area contributed by atoms with Crippen LogP contribution >= 0.6 is 11.6 Å². The van der Waals surface area contributed by atoms with Crippen LogP contribution in [0.2, 0.25) is 5.02 Å². The van der Waals surface area contributed by atoms with Crippen LogP contribution in [0.1, 0.15) is 44.1 Å². The summed E-state index contributed by atoms with van der Waals surface area (Å²) in [6.07, 6.45) is 5.07. The third-order valence-electron chi connectivity index (χ3n) is 5.00. The number of hydrogen-bond acceptors (Lipinski definition) is 3. The Morgan fingerprint density at radius 2 is 2.12 bits per heavy atom. The van der Waals surface area contributed by atoms with Crippen molar-refractivity contribution in [2.24, 2.45) is 5.92 Å². The predicted molar refractivity (Wildman–Crippen MR) is 101 cm³/mol. The zero-order valence-electron chi connectivity index (χ0n) is 15.3. The van der Waals surface area contributed by atoms with E-state index < -0.39 is 0 Å². The number of likely N-dealkylation sites (tertiary alicyclic amines) is 1. The number of hydrogen-bond donors (Lipinski definition) is 1. The molecular formula is C20H27ClN2O3. The van der Waals surface area contributed by atoms with Crippen LogP contribution in [-0.4, -0.2) is 42.5 Å². The average molecular weight is 379 g/mol. The molecule has 26 heavy (non-hydrogen) atoms. The van der Waals surface area contributed by atoms with Crippen molar-refractivity contribution in [1.82, 2.24) is 10.2 Å². The van der Waals surface area contributed by atoms with Crippen LogP contribution in [0.5, 0.6) is 5.75 Å². The van der Waals surface area contributed by atoms with Crippen LogP contribution in [0.4, 0.5) is 0 Å². The highest BCUT2D eigenvalue weighted by Crippen LogP contribution is 2.23. The van der Waals surface area contributed by atoms with Gasteiger partial charge in [-0.2, -0.15) is 0 Å². The molecule has 6 heteroatoms. The molecule has 2 fully saturated rings. The number of piperidine rings is 1. The summed E-state index contributed by atoms with van der Waals surface area (Å²) in [6.45, 7) is 3.73. The lowest BCUT2D eigenvalue weighted by Gasteiger charge is -2.32. The SMILES string of the molecule is Cc1cc(OCCCC(=O)N2CCCC(C(=O)NC3CC3)C2)ccc1Cl. The van der Waals surface area contributed by atoms with Crippen LogP contribution in [0.25, 0.3) is 0 Å². The summed E-state index contributed by atoms with van der Waals surface area (Å²) in [5.41, 5.74) is 0.976. The van der Waals surface area contributed by atoms with Gasteiger partial charge in [0.25, 0.3) is 0 Å². The average Bonchev–Trinajstić information content (AvgIpc) is 3.45. The van der Waals surface area contributed by atoms with Gasteiger partial charge in [0.15, 0.2) is 0 Å². The third kappa shape index (κ3) is 5.37. The summed E-state index contributed by atoms with van der Waals surface area (Å²) in [5, 5.41) is 3.78. The van der Waals surface area contributed by atoms with E-state index in [-0.39, 0.29) is 17.7 Å². The number of halogens is 1. The van der Waals surface area contributed by atoms with E-state index in [2.05, 4.69) is 5.32 Å². The molecule has 5 nitrogen and oxygen atoms in total. The summed E-state index contributed by atoms with van der Waals surface area (Å²) >= 11 is 6.00. The molecule has 0 spiro atoms. The zero-order chi connectivity index (χ0) is 18.5. The molecule has 1 atom stereocenters. The molecule has 1 heterocycles. The number of nitrogens with one attached hydrogen (secondary N) is 1. The quantitative estimate of drug-likeness (QED) is 0.740. The first-order valence-electron chi connectivity index (χ1n) is 9.50. The van der Waals surface area contributed by atoms with Crippen LogP contribution < -0.4 is 10.1 Å². The molecule has 2 aliphatic rings. The first kappa shape index (κ1) is 19.0. The van der Waals surface area contributed by atoms with E-state index in [4.69, 9.17) is 16.3 Å². The van der Waals surface area contributed by atoms with Crippen molar-refractivity contribution in [1.29, 1.82) is 0 Å². The number of amides is 2. The van der Waals surface area contributed by atoms with Crippen molar-refractivity contribution in [3.05, 3.63) is 28.8 Å². The smallest absolute Gasteiger partial charge is 0.225 e. The monoisotopic (exact) mass is 378 g/mol. The molecule has 1 N–H and O–H groups in total. The van der Waals surface area contributed by atoms with Crippen molar-refractivity contribution in [3.63, 3.8) is 0 Å². The molecule has 2 amide bonds. The highest BCUT2D eigenvalue weighted by Gasteiger charge is 2.31. The summed E-state index contributed by atoms with van der Waals surface area (Å²) in [4.78, 5) is 26.5. The largest absolute Gasteiger partial charge is 0.494 e. The summed E-state index contributed by atoms with van der Waals surface area (Å²) in [7, 11) is 0. The Morgan fingerprint density at radius 3 is 2.85 bits per heavy atom. The highest BCUT2D eigenvalue weighted by atomic mass is 35.5. The zero-order valence-corrected chi connectivity index (χ0v) is 16.1. The normalized spacial score (nSPS) is 19.9. The Bertz CT molecular complexity index is 660. The molecule has 1 aliphatic heterocycles. The van der Waals surface area contributed by atoms with Gasteiger partial charge in [-0.1, -0.05) is 11.6 Å². The number of carbonyl (C=O) groups excluding carboxylic acids is 2. The molecule has 1 aromatic rings. The number of aryl methyl sites for hydroxylation is 1. The minimum atomic E-state index is -0.0541.